The summed E-state index contributed by atoms with van der Waals surface area (Å²) in [5, 5.41) is 4.32. The maximum absolute atomic E-state index is 14.7. The van der Waals surface area contributed by atoms with E-state index in [1.807, 2.05) is 6.92 Å². The Hall–Kier alpha value is -3.49. The first-order valence-corrected chi connectivity index (χ1v) is 10.9. The molecule has 0 aliphatic heterocycles. The number of H-pyrrole nitrogens is 1. The van der Waals surface area contributed by atoms with Gasteiger partial charge in [0.1, 0.15) is 17.7 Å². The van der Waals surface area contributed by atoms with Crippen LogP contribution >= 0.6 is 23.2 Å². The lowest BCUT2D eigenvalue weighted by Crippen LogP contribution is -2.27. The van der Waals surface area contributed by atoms with Crippen LogP contribution in [0.15, 0.2) is 59.9 Å². The highest BCUT2D eigenvalue weighted by Crippen LogP contribution is 2.33. The smallest absolute Gasteiger partial charge is 0.266 e. The zero-order valence-electron chi connectivity index (χ0n) is 17.3. The zero-order chi connectivity index (χ0) is 23.1. The van der Waals surface area contributed by atoms with E-state index in [4.69, 9.17) is 23.2 Å². The van der Waals surface area contributed by atoms with E-state index in [0.29, 0.717) is 40.2 Å². The molecule has 0 fully saturated rings. The number of anilines is 1. The van der Waals surface area contributed by atoms with Gasteiger partial charge in [-0.1, -0.05) is 48.3 Å². The fraction of sp³-hybridized carbons (Fsp3) is 0.130. The molecule has 2 aromatic carbocycles. The van der Waals surface area contributed by atoms with Crippen molar-refractivity contribution >= 4 is 51.0 Å². The van der Waals surface area contributed by atoms with Crippen molar-refractivity contribution in [3.8, 4) is 5.69 Å². The van der Waals surface area contributed by atoms with Crippen molar-refractivity contribution in [1.82, 2.24) is 24.5 Å². The average molecular weight is 483 g/mol. The summed E-state index contributed by atoms with van der Waals surface area (Å²) in [5.41, 5.74) is 1.56. The first kappa shape index (κ1) is 21.4. The Morgan fingerprint density at radius 3 is 2.79 bits per heavy atom. The maximum Gasteiger partial charge on any atom is 0.266 e. The summed E-state index contributed by atoms with van der Waals surface area (Å²) in [5.74, 6) is -0.0770. The van der Waals surface area contributed by atoms with E-state index in [1.54, 1.807) is 36.4 Å². The summed E-state index contributed by atoms with van der Waals surface area (Å²) in [4.78, 5) is 29.3. The summed E-state index contributed by atoms with van der Waals surface area (Å²) in [6.45, 7) is 1.97. The molecular formula is C23H17Cl2FN6O. The van der Waals surface area contributed by atoms with Gasteiger partial charge in [-0.25, -0.2) is 19.3 Å². The molecule has 0 amide bonds. The van der Waals surface area contributed by atoms with E-state index < -0.39 is 11.4 Å². The number of rotatable bonds is 5. The van der Waals surface area contributed by atoms with Gasteiger partial charge in [0.2, 0.25) is 0 Å². The second-order valence-corrected chi connectivity index (χ2v) is 8.20. The Bertz CT molecular complexity index is 1560. The maximum atomic E-state index is 14.7. The molecule has 0 unspecified atom stereocenters. The van der Waals surface area contributed by atoms with Gasteiger partial charge in [0.15, 0.2) is 11.5 Å². The van der Waals surface area contributed by atoms with Crippen LogP contribution < -0.4 is 10.9 Å². The number of nitrogens with zero attached hydrogens (tertiary/aromatic N) is 4. The Morgan fingerprint density at radius 2 is 1.97 bits per heavy atom. The van der Waals surface area contributed by atoms with Crippen LogP contribution in [0.4, 0.5) is 10.2 Å². The molecule has 1 atom stereocenters. The highest BCUT2D eigenvalue weighted by Gasteiger charge is 2.23. The second-order valence-electron chi connectivity index (χ2n) is 7.42. The molecule has 3 heterocycles. The van der Waals surface area contributed by atoms with Gasteiger partial charge in [-0.05, 0) is 36.1 Å². The summed E-state index contributed by atoms with van der Waals surface area (Å²) < 4.78 is 16.1. The summed E-state index contributed by atoms with van der Waals surface area (Å²) >= 11 is 12.7. The Balaban J connectivity index is 1.78. The van der Waals surface area contributed by atoms with Gasteiger partial charge in [0.25, 0.3) is 5.56 Å². The monoisotopic (exact) mass is 482 g/mol. The van der Waals surface area contributed by atoms with Crippen molar-refractivity contribution in [2.75, 3.05) is 5.32 Å². The van der Waals surface area contributed by atoms with E-state index in [0.717, 1.165) is 0 Å². The molecule has 10 heteroatoms. The van der Waals surface area contributed by atoms with Crippen LogP contribution in [0, 0.1) is 5.82 Å². The lowest BCUT2D eigenvalue weighted by atomic mass is 10.0. The van der Waals surface area contributed by atoms with Gasteiger partial charge in [-0.15, -0.1) is 0 Å². The summed E-state index contributed by atoms with van der Waals surface area (Å²) in [6, 6.07) is 10.9. The third kappa shape index (κ3) is 3.61. The molecule has 7 nitrogen and oxygen atoms in total. The van der Waals surface area contributed by atoms with Crippen molar-refractivity contribution in [3.63, 3.8) is 0 Å². The molecule has 0 aliphatic carbocycles. The van der Waals surface area contributed by atoms with Crippen LogP contribution in [0.2, 0.25) is 10.0 Å². The van der Waals surface area contributed by atoms with Crippen molar-refractivity contribution in [3.05, 3.63) is 87.0 Å². The minimum Gasteiger partial charge on any atom is -0.360 e. The largest absolute Gasteiger partial charge is 0.360 e. The number of hydrogen-bond donors (Lipinski definition) is 2. The molecule has 33 heavy (non-hydrogen) atoms. The Morgan fingerprint density at radius 1 is 1.15 bits per heavy atom. The lowest BCUT2D eigenvalue weighted by molar-refractivity contribution is 0.635. The molecule has 5 aromatic rings. The van der Waals surface area contributed by atoms with Crippen LogP contribution in [0.5, 0.6) is 0 Å². The summed E-state index contributed by atoms with van der Waals surface area (Å²) in [7, 11) is 0. The van der Waals surface area contributed by atoms with E-state index in [2.05, 4.69) is 25.3 Å². The topological polar surface area (TPSA) is 88.5 Å². The zero-order valence-corrected chi connectivity index (χ0v) is 18.8. The van der Waals surface area contributed by atoms with Crippen LogP contribution in [0.3, 0.4) is 0 Å². The van der Waals surface area contributed by atoms with Gasteiger partial charge in [-0.3, -0.25) is 9.36 Å². The highest BCUT2D eigenvalue weighted by molar-refractivity contribution is 6.43. The van der Waals surface area contributed by atoms with Crippen molar-refractivity contribution in [2.45, 2.75) is 19.4 Å². The molecule has 166 valence electrons. The molecule has 0 radical (unpaired) electrons. The molecule has 0 bridgehead atoms. The predicted octanol–water partition coefficient (Wildman–Crippen LogP) is 5.67. The van der Waals surface area contributed by atoms with Crippen LogP contribution in [0.1, 0.15) is 25.1 Å². The van der Waals surface area contributed by atoms with Crippen LogP contribution in [-0.4, -0.2) is 24.5 Å². The van der Waals surface area contributed by atoms with Crippen molar-refractivity contribution < 1.29 is 4.39 Å². The number of imidazole rings is 1. The number of hydrogen-bond acceptors (Lipinski definition) is 5. The molecule has 5 rings (SSSR count). The number of benzene rings is 2. The molecule has 0 saturated heterocycles. The quantitative estimate of drug-likeness (QED) is 0.337. The third-order valence-corrected chi connectivity index (χ3v) is 6.30. The minimum atomic E-state index is -0.605. The normalized spacial score (nSPS) is 12.4. The number of aromatic amines is 1. The van der Waals surface area contributed by atoms with Gasteiger partial charge < -0.3 is 10.3 Å². The molecule has 0 aliphatic rings. The number of halogens is 3. The fourth-order valence-corrected chi connectivity index (χ4v) is 4.31. The van der Waals surface area contributed by atoms with Gasteiger partial charge >= 0.3 is 0 Å². The number of aromatic nitrogens is 5. The van der Waals surface area contributed by atoms with Crippen molar-refractivity contribution in [2.24, 2.45) is 0 Å². The standard InChI is InChI=1S/C23H17Cl2FN6O/c1-2-15(31-22-20-21(28-10-27-20)29-11-30-22)17-9-12-5-3-7-14(26)18(12)23(33)32(17)16-8-4-6-13(24)19(16)25/h3-11,15H,2H2,1H3,(H2,27,28,29,30,31)/t15-/m0/s1. The van der Waals surface area contributed by atoms with Crippen LogP contribution in [0.25, 0.3) is 27.6 Å². The number of pyridine rings is 1. The lowest BCUT2D eigenvalue weighted by Gasteiger charge is -2.24. The van der Waals surface area contributed by atoms with E-state index in [1.165, 1.54) is 23.3 Å². The second kappa shape index (κ2) is 8.46. The Labute approximate surface area is 197 Å². The molecule has 2 N–H and O–H groups in total. The molecule has 0 saturated carbocycles. The van der Waals surface area contributed by atoms with E-state index >= 15 is 0 Å². The third-order valence-electron chi connectivity index (χ3n) is 5.50. The minimum absolute atomic E-state index is 0.0230. The highest BCUT2D eigenvalue weighted by atomic mass is 35.5. The molecule has 0 spiro atoms. The van der Waals surface area contributed by atoms with Gasteiger partial charge in [0, 0.05) is 5.69 Å². The van der Waals surface area contributed by atoms with Crippen LogP contribution in [-0.2, 0) is 0 Å². The number of nitrogens with one attached hydrogen (secondary N) is 2. The first-order chi connectivity index (χ1) is 16.0. The average Bonchev–Trinajstić information content (AvgIpc) is 3.29. The molecular weight excluding hydrogens is 466 g/mol. The van der Waals surface area contributed by atoms with E-state index in [9.17, 15) is 9.18 Å². The number of fused-ring (bicyclic) bond motifs is 2. The Kier molecular flexibility index (Phi) is 5.47. The molecule has 3 aromatic heterocycles. The van der Waals surface area contributed by atoms with E-state index in [-0.39, 0.29) is 21.5 Å². The fourth-order valence-electron chi connectivity index (χ4n) is 3.93. The van der Waals surface area contributed by atoms with Gasteiger partial charge in [-0.2, -0.15) is 0 Å². The van der Waals surface area contributed by atoms with Crippen molar-refractivity contribution in [1.29, 1.82) is 0 Å². The summed E-state index contributed by atoms with van der Waals surface area (Å²) in [6.07, 6.45) is 3.53. The first-order valence-electron chi connectivity index (χ1n) is 10.2. The SMILES string of the molecule is CC[C@H](Nc1ncnc2nc[nH]c12)c1cc2cccc(F)c2c(=O)n1-c1cccc(Cl)c1Cl. The van der Waals surface area contributed by atoms with Gasteiger partial charge in [0.05, 0.1) is 33.5 Å². The predicted molar refractivity (Wildman–Crippen MR) is 128 cm³/mol.